The second-order valence-electron chi connectivity index (χ2n) is 6.81. The molecule has 1 N–H and O–H groups in total. The first kappa shape index (κ1) is 19.9. The minimum absolute atomic E-state index is 0.135. The molecule has 0 saturated carbocycles. The first-order valence-corrected chi connectivity index (χ1v) is 10.8. The summed E-state index contributed by atoms with van der Waals surface area (Å²) in [5.74, 6) is 0.0880. The Morgan fingerprint density at radius 2 is 1.83 bits per heavy atom. The Morgan fingerprint density at radius 3 is 2.55 bits per heavy atom. The number of carbonyl (C=O) groups is 1. The zero-order valence-corrected chi connectivity index (χ0v) is 16.8. The second kappa shape index (κ2) is 7.81. The fraction of sp³-hybridized carbons (Fsp3) is 0.316. The van der Waals surface area contributed by atoms with Gasteiger partial charge in [-0.2, -0.15) is 4.31 Å². The fourth-order valence-electron chi connectivity index (χ4n) is 3.40. The summed E-state index contributed by atoms with van der Waals surface area (Å²) < 4.78 is 50.6. The first-order valence-electron chi connectivity index (χ1n) is 9.00. The molecule has 0 atom stereocenters. The summed E-state index contributed by atoms with van der Waals surface area (Å²) in [6, 6.07) is 8.33. The maximum atomic E-state index is 13.2. The van der Waals surface area contributed by atoms with Crippen molar-refractivity contribution in [2.75, 3.05) is 25.2 Å². The molecule has 0 bridgehead atoms. The third-order valence-corrected chi connectivity index (χ3v) is 7.36. The molecule has 0 radical (unpaired) electrons. The smallest absolute Gasteiger partial charge is 0.244 e. The van der Waals surface area contributed by atoms with Crippen LogP contribution < -0.4 is 14.8 Å². The minimum atomic E-state index is -3.85. The lowest BCUT2D eigenvalue weighted by Gasteiger charge is -2.30. The summed E-state index contributed by atoms with van der Waals surface area (Å²) >= 11 is 5.91. The molecule has 29 heavy (non-hydrogen) atoms. The molecule has 0 unspecified atom stereocenters. The normalized spacial score (nSPS) is 17.3. The fourth-order valence-corrected chi connectivity index (χ4v) is 5.38. The molecule has 4 rings (SSSR count). The number of nitrogens with one attached hydrogen (secondary N) is 1. The Morgan fingerprint density at radius 1 is 1.10 bits per heavy atom. The van der Waals surface area contributed by atoms with Crippen LogP contribution in [0.25, 0.3) is 0 Å². The van der Waals surface area contributed by atoms with Gasteiger partial charge in [0.25, 0.3) is 0 Å². The zero-order chi connectivity index (χ0) is 20.6. The summed E-state index contributed by atoms with van der Waals surface area (Å²) in [6.07, 6.45) is 0.739. The zero-order valence-electron chi connectivity index (χ0n) is 15.2. The number of nitrogens with zero attached hydrogens (tertiary/aromatic N) is 1. The van der Waals surface area contributed by atoms with Gasteiger partial charge >= 0.3 is 0 Å². The molecule has 2 heterocycles. The summed E-state index contributed by atoms with van der Waals surface area (Å²) in [6.45, 7) is 0.502. The van der Waals surface area contributed by atoms with Crippen molar-refractivity contribution in [3.05, 3.63) is 47.2 Å². The molecule has 0 aromatic heterocycles. The molecule has 2 aliphatic rings. The molecule has 2 aliphatic heterocycles. The van der Waals surface area contributed by atoms with Gasteiger partial charge in [-0.05, 0) is 43.2 Å². The molecule has 1 fully saturated rings. The van der Waals surface area contributed by atoms with Crippen molar-refractivity contribution >= 4 is 33.2 Å². The Balaban J connectivity index is 1.39. The van der Waals surface area contributed by atoms with Crippen molar-refractivity contribution < 1.29 is 27.1 Å². The van der Waals surface area contributed by atoms with E-state index < -0.39 is 15.8 Å². The minimum Gasteiger partial charge on any atom is -0.454 e. The van der Waals surface area contributed by atoms with Gasteiger partial charge < -0.3 is 14.8 Å². The van der Waals surface area contributed by atoms with Gasteiger partial charge in [-0.15, -0.1) is 0 Å². The quantitative estimate of drug-likeness (QED) is 0.788. The lowest BCUT2D eigenvalue weighted by molar-refractivity contribution is -0.120. The lowest BCUT2D eigenvalue weighted by Crippen LogP contribution is -2.41. The van der Waals surface area contributed by atoms with Crippen molar-refractivity contribution in [2.45, 2.75) is 17.7 Å². The number of amides is 1. The van der Waals surface area contributed by atoms with Crippen molar-refractivity contribution in [1.82, 2.24) is 4.31 Å². The van der Waals surface area contributed by atoms with Crippen LogP contribution in [0.5, 0.6) is 11.5 Å². The summed E-state index contributed by atoms with van der Waals surface area (Å²) in [5.41, 5.74) is 0.590. The number of sulfonamides is 1. The van der Waals surface area contributed by atoms with E-state index >= 15 is 0 Å². The van der Waals surface area contributed by atoms with E-state index in [1.807, 2.05) is 0 Å². The van der Waals surface area contributed by atoms with Crippen molar-refractivity contribution in [2.24, 2.45) is 5.92 Å². The summed E-state index contributed by atoms with van der Waals surface area (Å²) in [4.78, 5) is 12.4. The highest BCUT2D eigenvalue weighted by molar-refractivity contribution is 7.89. The van der Waals surface area contributed by atoms with E-state index in [1.54, 1.807) is 18.2 Å². The van der Waals surface area contributed by atoms with E-state index in [1.165, 1.54) is 4.31 Å². The van der Waals surface area contributed by atoms with E-state index in [2.05, 4.69) is 5.32 Å². The summed E-state index contributed by atoms with van der Waals surface area (Å²) in [5, 5.41) is 2.68. The Kier molecular flexibility index (Phi) is 5.37. The maximum Gasteiger partial charge on any atom is 0.244 e. The van der Waals surface area contributed by atoms with E-state index in [9.17, 15) is 17.6 Å². The van der Waals surface area contributed by atoms with Gasteiger partial charge in [-0.25, -0.2) is 12.8 Å². The van der Waals surface area contributed by atoms with Gasteiger partial charge in [0.2, 0.25) is 22.7 Å². The van der Waals surface area contributed by atoms with E-state index in [0.717, 1.165) is 18.2 Å². The van der Waals surface area contributed by atoms with E-state index in [4.69, 9.17) is 21.1 Å². The van der Waals surface area contributed by atoms with Crippen molar-refractivity contribution in [3.63, 3.8) is 0 Å². The van der Waals surface area contributed by atoms with Crippen LogP contribution in [-0.4, -0.2) is 38.5 Å². The van der Waals surface area contributed by atoms with Crippen LogP contribution in [0.4, 0.5) is 10.1 Å². The summed E-state index contributed by atoms with van der Waals surface area (Å²) in [7, 11) is -3.85. The highest BCUT2D eigenvalue weighted by Crippen LogP contribution is 2.35. The topological polar surface area (TPSA) is 84.9 Å². The molecule has 7 nitrogen and oxygen atoms in total. The molecular formula is C19H18ClFN2O5S. The van der Waals surface area contributed by atoms with Gasteiger partial charge in [0.1, 0.15) is 10.7 Å². The first-order chi connectivity index (χ1) is 13.8. The van der Waals surface area contributed by atoms with Gasteiger partial charge in [0.05, 0.1) is 5.02 Å². The van der Waals surface area contributed by atoms with E-state index in [0.29, 0.717) is 30.0 Å². The van der Waals surface area contributed by atoms with Gasteiger partial charge in [0, 0.05) is 30.8 Å². The number of rotatable bonds is 4. The third-order valence-electron chi connectivity index (χ3n) is 4.98. The molecule has 154 valence electrons. The third kappa shape index (κ3) is 4.03. The maximum absolute atomic E-state index is 13.2. The number of halogens is 2. The number of ether oxygens (including phenoxy) is 2. The highest BCUT2D eigenvalue weighted by Gasteiger charge is 2.33. The lowest BCUT2D eigenvalue weighted by atomic mass is 9.97. The van der Waals surface area contributed by atoms with Crippen LogP contribution in [0, 0.1) is 11.7 Å². The van der Waals surface area contributed by atoms with E-state index in [-0.39, 0.29) is 41.6 Å². The van der Waals surface area contributed by atoms with Crippen molar-refractivity contribution in [1.29, 1.82) is 0 Å². The molecule has 0 aliphatic carbocycles. The Bertz CT molecular complexity index is 1050. The molecule has 2 aromatic carbocycles. The number of benzene rings is 2. The van der Waals surface area contributed by atoms with Crippen LogP contribution in [-0.2, 0) is 14.8 Å². The second-order valence-corrected chi connectivity index (χ2v) is 9.12. The standard InChI is InChI=1S/C19H18ClFN2O5S/c20-15-9-13(21)1-4-18(15)29(25,26)23-7-5-12(6-8-23)19(24)22-14-2-3-16-17(10-14)28-11-27-16/h1-4,9-10,12H,5-8,11H2,(H,22,24). The Hall–Kier alpha value is -2.36. The largest absolute Gasteiger partial charge is 0.454 e. The van der Waals surface area contributed by atoms with Crippen LogP contribution in [0.3, 0.4) is 0 Å². The predicted octanol–water partition coefficient (Wildman–Crippen LogP) is 3.25. The molecule has 1 amide bonds. The molecule has 2 aromatic rings. The number of fused-ring (bicyclic) bond motifs is 1. The van der Waals surface area contributed by atoms with Crippen molar-refractivity contribution in [3.8, 4) is 11.5 Å². The van der Waals surface area contributed by atoms with Crippen LogP contribution in [0.15, 0.2) is 41.3 Å². The molecule has 1 saturated heterocycles. The molecule has 0 spiro atoms. The number of anilines is 1. The monoisotopic (exact) mass is 440 g/mol. The van der Waals surface area contributed by atoms with Crippen LogP contribution >= 0.6 is 11.6 Å². The SMILES string of the molecule is O=C(Nc1ccc2c(c1)OCO2)C1CCN(S(=O)(=O)c2ccc(F)cc2Cl)CC1. The highest BCUT2D eigenvalue weighted by atomic mass is 35.5. The van der Waals surface area contributed by atoms with Crippen LogP contribution in [0.1, 0.15) is 12.8 Å². The van der Waals surface area contributed by atoms with Gasteiger partial charge in [0.15, 0.2) is 11.5 Å². The predicted molar refractivity (Wildman–Crippen MR) is 104 cm³/mol. The number of piperidine rings is 1. The van der Waals surface area contributed by atoms with Gasteiger partial charge in [-0.1, -0.05) is 11.6 Å². The number of hydrogen-bond donors (Lipinski definition) is 1. The van der Waals surface area contributed by atoms with Crippen LogP contribution in [0.2, 0.25) is 5.02 Å². The number of carbonyl (C=O) groups excluding carboxylic acids is 1. The molecular weight excluding hydrogens is 423 g/mol. The average Bonchev–Trinajstić information content (AvgIpc) is 3.15. The average molecular weight is 441 g/mol. The molecule has 10 heteroatoms. The Labute approximate surface area is 172 Å². The number of hydrogen-bond acceptors (Lipinski definition) is 5. The van der Waals surface area contributed by atoms with Gasteiger partial charge in [-0.3, -0.25) is 4.79 Å².